The van der Waals surface area contributed by atoms with E-state index in [1.54, 1.807) is 12.1 Å². The molecule has 0 aromatic heterocycles. The number of hydrogen-bond acceptors (Lipinski definition) is 1. The molecule has 1 aromatic rings. The van der Waals surface area contributed by atoms with E-state index in [1.807, 2.05) is 12.1 Å². The lowest BCUT2D eigenvalue weighted by molar-refractivity contribution is 0.191. The zero-order chi connectivity index (χ0) is 11.4. The van der Waals surface area contributed by atoms with E-state index in [0.717, 1.165) is 18.5 Å². The molecule has 1 aliphatic heterocycles. The van der Waals surface area contributed by atoms with E-state index in [-0.39, 0.29) is 5.82 Å². The number of piperidine rings is 1. The molecule has 0 saturated carbocycles. The third kappa shape index (κ3) is 2.82. The third-order valence-electron chi connectivity index (χ3n) is 3.62. The molecule has 1 fully saturated rings. The molecule has 0 atom stereocenters. The Hall–Kier alpha value is -0.890. The molecule has 1 saturated heterocycles. The van der Waals surface area contributed by atoms with Gasteiger partial charge in [0.1, 0.15) is 5.82 Å². The van der Waals surface area contributed by atoms with Crippen molar-refractivity contribution in [1.82, 2.24) is 4.90 Å². The number of halogens is 1. The topological polar surface area (TPSA) is 3.24 Å². The molecular formula is C14H20FN. The highest BCUT2D eigenvalue weighted by Gasteiger charge is 2.19. The van der Waals surface area contributed by atoms with Gasteiger partial charge in [-0.1, -0.05) is 25.1 Å². The van der Waals surface area contributed by atoms with E-state index in [1.165, 1.54) is 25.9 Å². The summed E-state index contributed by atoms with van der Waals surface area (Å²) in [5, 5.41) is 0. The zero-order valence-electron chi connectivity index (χ0n) is 9.95. The van der Waals surface area contributed by atoms with E-state index in [0.29, 0.717) is 5.92 Å². The fourth-order valence-electron chi connectivity index (χ4n) is 2.48. The SMILES string of the molecule is CCN1CCC(Cc2ccccc2F)CC1. The summed E-state index contributed by atoms with van der Waals surface area (Å²) in [4.78, 5) is 2.47. The summed E-state index contributed by atoms with van der Waals surface area (Å²) in [7, 11) is 0. The van der Waals surface area contributed by atoms with Crippen molar-refractivity contribution in [3.63, 3.8) is 0 Å². The van der Waals surface area contributed by atoms with Gasteiger partial charge in [0.05, 0.1) is 0 Å². The minimum Gasteiger partial charge on any atom is -0.304 e. The predicted molar refractivity (Wildman–Crippen MR) is 64.9 cm³/mol. The van der Waals surface area contributed by atoms with Crippen molar-refractivity contribution >= 4 is 0 Å². The van der Waals surface area contributed by atoms with E-state index < -0.39 is 0 Å². The van der Waals surface area contributed by atoms with Gasteiger partial charge in [-0.05, 0) is 56.4 Å². The predicted octanol–water partition coefficient (Wildman–Crippen LogP) is 3.10. The average molecular weight is 221 g/mol. The highest BCUT2D eigenvalue weighted by molar-refractivity contribution is 5.17. The van der Waals surface area contributed by atoms with Crippen molar-refractivity contribution in [3.05, 3.63) is 35.6 Å². The van der Waals surface area contributed by atoms with Gasteiger partial charge < -0.3 is 4.90 Å². The Labute approximate surface area is 97.3 Å². The second-order valence-corrected chi connectivity index (χ2v) is 4.67. The lowest BCUT2D eigenvalue weighted by Crippen LogP contribution is -2.34. The van der Waals surface area contributed by atoms with E-state index in [4.69, 9.17) is 0 Å². The van der Waals surface area contributed by atoms with Gasteiger partial charge in [-0.3, -0.25) is 0 Å². The normalized spacial score (nSPS) is 18.9. The molecule has 88 valence electrons. The summed E-state index contributed by atoms with van der Waals surface area (Å²) in [6, 6.07) is 7.18. The van der Waals surface area contributed by atoms with Crippen LogP contribution in [0.2, 0.25) is 0 Å². The first-order valence-corrected chi connectivity index (χ1v) is 6.25. The fraction of sp³-hybridized carbons (Fsp3) is 0.571. The monoisotopic (exact) mass is 221 g/mol. The van der Waals surface area contributed by atoms with Gasteiger partial charge in [0.15, 0.2) is 0 Å². The van der Waals surface area contributed by atoms with Crippen LogP contribution < -0.4 is 0 Å². The number of benzene rings is 1. The van der Waals surface area contributed by atoms with Crippen LogP contribution in [0.3, 0.4) is 0 Å². The molecule has 2 rings (SSSR count). The molecule has 1 nitrogen and oxygen atoms in total. The summed E-state index contributed by atoms with van der Waals surface area (Å²) >= 11 is 0. The van der Waals surface area contributed by atoms with Gasteiger partial charge in [-0.25, -0.2) is 4.39 Å². The maximum absolute atomic E-state index is 13.5. The standard InChI is InChI=1S/C14H20FN/c1-2-16-9-7-12(8-10-16)11-13-5-3-4-6-14(13)15/h3-6,12H,2,7-11H2,1H3. The Morgan fingerprint density at radius 1 is 1.25 bits per heavy atom. The van der Waals surface area contributed by atoms with Gasteiger partial charge in [0.25, 0.3) is 0 Å². The Kier molecular flexibility index (Phi) is 3.94. The second kappa shape index (κ2) is 5.44. The van der Waals surface area contributed by atoms with Crippen LogP contribution >= 0.6 is 0 Å². The fourth-order valence-corrected chi connectivity index (χ4v) is 2.48. The Morgan fingerprint density at radius 3 is 2.56 bits per heavy atom. The van der Waals surface area contributed by atoms with Crippen LogP contribution in [0.25, 0.3) is 0 Å². The molecule has 1 aromatic carbocycles. The average Bonchev–Trinajstić information content (AvgIpc) is 2.33. The van der Waals surface area contributed by atoms with Crippen molar-refractivity contribution in [2.75, 3.05) is 19.6 Å². The van der Waals surface area contributed by atoms with E-state index >= 15 is 0 Å². The van der Waals surface area contributed by atoms with Crippen LogP contribution in [0, 0.1) is 11.7 Å². The first-order chi connectivity index (χ1) is 7.79. The highest BCUT2D eigenvalue weighted by Crippen LogP contribution is 2.22. The molecule has 0 unspecified atom stereocenters. The highest BCUT2D eigenvalue weighted by atomic mass is 19.1. The first-order valence-electron chi connectivity index (χ1n) is 6.25. The Balaban J connectivity index is 1.89. The van der Waals surface area contributed by atoms with Crippen molar-refractivity contribution in [2.24, 2.45) is 5.92 Å². The number of rotatable bonds is 3. The third-order valence-corrected chi connectivity index (χ3v) is 3.62. The van der Waals surface area contributed by atoms with Crippen LogP contribution in [0.5, 0.6) is 0 Å². The number of nitrogens with zero attached hydrogens (tertiary/aromatic N) is 1. The molecule has 0 aliphatic carbocycles. The summed E-state index contributed by atoms with van der Waals surface area (Å²) < 4.78 is 13.5. The molecule has 0 N–H and O–H groups in total. The molecular weight excluding hydrogens is 201 g/mol. The molecule has 1 aliphatic rings. The van der Waals surface area contributed by atoms with Crippen LogP contribution in [0.15, 0.2) is 24.3 Å². The lowest BCUT2D eigenvalue weighted by atomic mass is 9.90. The number of likely N-dealkylation sites (tertiary alicyclic amines) is 1. The number of hydrogen-bond donors (Lipinski definition) is 0. The minimum absolute atomic E-state index is 0.0413. The van der Waals surface area contributed by atoms with Gasteiger partial charge in [-0.15, -0.1) is 0 Å². The maximum Gasteiger partial charge on any atom is 0.126 e. The molecule has 0 amide bonds. The summed E-state index contributed by atoms with van der Waals surface area (Å²) in [5.41, 5.74) is 0.887. The smallest absolute Gasteiger partial charge is 0.126 e. The van der Waals surface area contributed by atoms with Crippen molar-refractivity contribution < 1.29 is 4.39 Å². The van der Waals surface area contributed by atoms with Gasteiger partial charge >= 0.3 is 0 Å². The van der Waals surface area contributed by atoms with Crippen LogP contribution in [-0.4, -0.2) is 24.5 Å². The van der Waals surface area contributed by atoms with Gasteiger partial charge in [-0.2, -0.15) is 0 Å². The molecule has 0 spiro atoms. The second-order valence-electron chi connectivity index (χ2n) is 4.67. The molecule has 0 radical (unpaired) electrons. The van der Waals surface area contributed by atoms with Crippen molar-refractivity contribution in [2.45, 2.75) is 26.2 Å². The largest absolute Gasteiger partial charge is 0.304 e. The maximum atomic E-state index is 13.5. The van der Waals surface area contributed by atoms with Crippen LogP contribution in [-0.2, 0) is 6.42 Å². The first kappa shape index (κ1) is 11.6. The van der Waals surface area contributed by atoms with Crippen LogP contribution in [0.1, 0.15) is 25.3 Å². The summed E-state index contributed by atoms with van der Waals surface area (Å²) in [6.07, 6.45) is 3.33. The van der Waals surface area contributed by atoms with E-state index in [9.17, 15) is 4.39 Å². The Morgan fingerprint density at radius 2 is 1.94 bits per heavy atom. The quantitative estimate of drug-likeness (QED) is 0.758. The minimum atomic E-state index is -0.0413. The summed E-state index contributed by atoms with van der Waals surface area (Å²) in [5.74, 6) is 0.625. The lowest BCUT2D eigenvalue weighted by Gasteiger charge is -2.31. The molecule has 1 heterocycles. The molecule has 0 bridgehead atoms. The molecule has 16 heavy (non-hydrogen) atoms. The zero-order valence-corrected chi connectivity index (χ0v) is 9.95. The van der Waals surface area contributed by atoms with Gasteiger partial charge in [0.2, 0.25) is 0 Å². The van der Waals surface area contributed by atoms with E-state index in [2.05, 4.69) is 11.8 Å². The van der Waals surface area contributed by atoms with Crippen molar-refractivity contribution in [3.8, 4) is 0 Å². The molecule has 2 heteroatoms. The van der Waals surface area contributed by atoms with Gasteiger partial charge in [0, 0.05) is 0 Å². The Bertz CT molecular complexity index is 329. The van der Waals surface area contributed by atoms with Crippen LogP contribution in [0.4, 0.5) is 4.39 Å². The van der Waals surface area contributed by atoms with Crippen molar-refractivity contribution in [1.29, 1.82) is 0 Å². The summed E-state index contributed by atoms with van der Waals surface area (Å²) in [6.45, 7) is 5.70.